The third kappa shape index (κ3) is 1.01. The van der Waals surface area contributed by atoms with Crippen LogP contribution in [0, 0.1) is 7.11 Å². The number of hydrogen-bond acceptors (Lipinski definition) is 1. The Hall–Kier alpha value is -1.57. The van der Waals surface area contributed by atoms with Gasteiger partial charge in [-0.05, 0) is 13.2 Å². The third-order valence-electron chi connectivity index (χ3n) is 1.83. The summed E-state index contributed by atoms with van der Waals surface area (Å²) in [5.41, 5.74) is 0. The van der Waals surface area contributed by atoms with Crippen molar-refractivity contribution >= 4 is 10.8 Å². The van der Waals surface area contributed by atoms with E-state index in [0.717, 1.165) is 16.5 Å². The van der Waals surface area contributed by atoms with Gasteiger partial charge in [-0.15, -0.1) is 0 Å². The summed E-state index contributed by atoms with van der Waals surface area (Å²) in [6.07, 6.45) is 3.58. The zero-order chi connectivity index (χ0) is 8.39. The van der Waals surface area contributed by atoms with E-state index in [-0.39, 0.29) is 0 Å². The molecule has 0 aliphatic heterocycles. The van der Waals surface area contributed by atoms with Crippen LogP contribution in [0.3, 0.4) is 0 Å². The van der Waals surface area contributed by atoms with Crippen LogP contribution >= 0.6 is 0 Å². The number of ether oxygens (including phenoxy) is 1. The molecule has 1 N–H and O–H groups in total. The molecular formula is C10H9NO. The molecule has 2 nitrogen and oxygen atoms in total. The van der Waals surface area contributed by atoms with Crippen molar-refractivity contribution in [3.8, 4) is 5.75 Å². The molecule has 0 spiro atoms. The monoisotopic (exact) mass is 159 g/mol. The number of hydrogen-bond donors (Lipinski definition) is 0. The second kappa shape index (κ2) is 2.81. The highest BCUT2D eigenvalue weighted by molar-refractivity contribution is 5.87. The van der Waals surface area contributed by atoms with E-state index in [1.807, 2.05) is 30.5 Å². The number of fused-ring (bicyclic) bond motifs is 1. The molecule has 0 aliphatic carbocycles. The zero-order valence-corrected chi connectivity index (χ0v) is 6.57. The summed E-state index contributed by atoms with van der Waals surface area (Å²) in [6, 6.07) is 7.85. The van der Waals surface area contributed by atoms with Gasteiger partial charge in [-0.3, -0.25) is 4.98 Å². The Morgan fingerprint density at radius 3 is 3.00 bits per heavy atom. The van der Waals surface area contributed by atoms with E-state index in [2.05, 4.69) is 16.8 Å². The van der Waals surface area contributed by atoms with Gasteiger partial charge < -0.3 is 4.74 Å². The Labute approximate surface area is 70.8 Å². The second-order valence-electron chi connectivity index (χ2n) is 2.53. The summed E-state index contributed by atoms with van der Waals surface area (Å²) in [5.74, 6) is 0.912. The van der Waals surface area contributed by atoms with Crippen LogP contribution in [-0.4, -0.2) is 9.72 Å². The molecule has 2 rings (SSSR count). The molecule has 0 unspecified atom stereocenters. The average molecular weight is 159 g/mol. The SMILES string of the molecule is [CH2-][OH+]c1cccc2cnccc12. The number of benzene rings is 1. The normalized spacial score (nSPS) is 10.1. The Morgan fingerprint density at radius 1 is 1.25 bits per heavy atom. The molecule has 0 saturated heterocycles. The average Bonchev–Trinajstić information content (AvgIpc) is 2.17. The number of rotatable bonds is 1. The second-order valence-corrected chi connectivity index (χ2v) is 2.53. The molecule has 0 amide bonds. The minimum absolute atomic E-state index is 0.912. The largest absolute Gasteiger partial charge is 0.721 e. The van der Waals surface area contributed by atoms with Crippen molar-refractivity contribution in [2.45, 2.75) is 0 Å². The highest BCUT2D eigenvalue weighted by atomic mass is 16.5. The molecule has 2 heteroatoms. The van der Waals surface area contributed by atoms with Gasteiger partial charge in [-0.1, -0.05) is 12.1 Å². The molecule has 0 aliphatic rings. The first-order chi connectivity index (χ1) is 5.92. The van der Waals surface area contributed by atoms with Crippen molar-refractivity contribution in [1.82, 2.24) is 4.98 Å². The summed E-state index contributed by atoms with van der Waals surface area (Å²) in [6.45, 7) is 0. The van der Waals surface area contributed by atoms with E-state index in [0.29, 0.717) is 0 Å². The number of aromatic nitrogens is 1. The lowest BCUT2D eigenvalue weighted by Gasteiger charge is -2.05. The summed E-state index contributed by atoms with van der Waals surface area (Å²) in [5, 5.41) is 2.20. The molecular weight excluding hydrogens is 150 g/mol. The first-order valence-electron chi connectivity index (χ1n) is 3.71. The van der Waals surface area contributed by atoms with Crippen LogP contribution in [0.5, 0.6) is 5.75 Å². The van der Waals surface area contributed by atoms with Crippen molar-refractivity contribution in [1.29, 1.82) is 0 Å². The molecule has 0 atom stereocenters. The molecule has 2 aromatic rings. The first-order valence-corrected chi connectivity index (χ1v) is 3.71. The number of aliphatic hydroxyl groups is 1. The minimum Gasteiger partial charge on any atom is -0.721 e. The minimum atomic E-state index is 0.912. The highest BCUT2D eigenvalue weighted by Crippen LogP contribution is 2.24. The molecule has 60 valence electrons. The lowest BCUT2D eigenvalue weighted by atomic mass is 10.2. The summed E-state index contributed by atoms with van der Waals surface area (Å²) < 4.78 is 3.92. The Balaban J connectivity index is 2.79. The van der Waals surface area contributed by atoms with Gasteiger partial charge in [0.15, 0.2) is 0 Å². The van der Waals surface area contributed by atoms with Gasteiger partial charge in [0, 0.05) is 23.8 Å². The Morgan fingerprint density at radius 2 is 2.17 bits per heavy atom. The molecule has 1 aromatic heterocycles. The summed E-state index contributed by atoms with van der Waals surface area (Å²) >= 11 is 0. The van der Waals surface area contributed by atoms with Crippen LogP contribution in [0.25, 0.3) is 10.8 Å². The van der Waals surface area contributed by atoms with Crippen LogP contribution in [0.2, 0.25) is 0 Å². The van der Waals surface area contributed by atoms with Gasteiger partial charge in [0.1, 0.15) is 0 Å². The first kappa shape index (κ1) is 7.10. The molecule has 12 heavy (non-hydrogen) atoms. The van der Waals surface area contributed by atoms with Crippen LogP contribution in [0.4, 0.5) is 0 Å². The fraction of sp³-hybridized carbons (Fsp3) is 0. The van der Waals surface area contributed by atoms with E-state index >= 15 is 0 Å². The lowest BCUT2D eigenvalue weighted by molar-refractivity contribution is 0.190. The maximum absolute atomic E-state index is 4.03. The topological polar surface area (TPSA) is 25.7 Å². The predicted octanol–water partition coefficient (Wildman–Crippen LogP) is 2.27. The van der Waals surface area contributed by atoms with Crippen molar-refractivity contribution in [3.63, 3.8) is 0 Å². The highest BCUT2D eigenvalue weighted by Gasteiger charge is 2.00. The quantitative estimate of drug-likeness (QED) is 0.463. The standard InChI is InChI=1S/C10H9NO/c1-12-10-4-2-3-8-7-11-6-5-9(8)10/h2-7,12H,1H2. The summed E-state index contributed by atoms with van der Waals surface area (Å²) in [7, 11) is 3.51. The van der Waals surface area contributed by atoms with Crippen molar-refractivity contribution < 1.29 is 4.74 Å². The molecule has 0 fully saturated rings. The van der Waals surface area contributed by atoms with Crippen LogP contribution in [0.1, 0.15) is 0 Å². The molecule has 0 saturated carbocycles. The predicted molar refractivity (Wildman–Crippen MR) is 48.8 cm³/mol. The van der Waals surface area contributed by atoms with Gasteiger partial charge in [-0.25, -0.2) is 0 Å². The molecule has 0 bridgehead atoms. The van der Waals surface area contributed by atoms with E-state index in [1.165, 1.54) is 0 Å². The van der Waals surface area contributed by atoms with Crippen LogP contribution < -0.4 is 0 Å². The molecule has 0 radical (unpaired) electrons. The maximum Gasteiger partial charge on any atom is 0.234 e. The summed E-state index contributed by atoms with van der Waals surface area (Å²) in [4.78, 5) is 4.03. The molecule has 1 aromatic carbocycles. The van der Waals surface area contributed by atoms with Crippen molar-refractivity contribution in [2.75, 3.05) is 0 Å². The van der Waals surface area contributed by atoms with Crippen molar-refractivity contribution in [3.05, 3.63) is 43.8 Å². The van der Waals surface area contributed by atoms with Gasteiger partial charge in [0.2, 0.25) is 5.75 Å². The fourth-order valence-electron chi connectivity index (χ4n) is 1.24. The van der Waals surface area contributed by atoms with E-state index in [9.17, 15) is 0 Å². The van der Waals surface area contributed by atoms with Gasteiger partial charge in [0.25, 0.3) is 0 Å². The Kier molecular flexibility index (Phi) is 1.67. The van der Waals surface area contributed by atoms with Crippen LogP contribution in [-0.2, 0) is 0 Å². The smallest absolute Gasteiger partial charge is 0.234 e. The third-order valence-corrected chi connectivity index (χ3v) is 1.83. The van der Waals surface area contributed by atoms with E-state index in [4.69, 9.17) is 0 Å². The zero-order valence-electron chi connectivity index (χ0n) is 6.57. The van der Waals surface area contributed by atoms with E-state index in [1.54, 1.807) is 6.20 Å². The van der Waals surface area contributed by atoms with Crippen molar-refractivity contribution in [2.24, 2.45) is 0 Å². The van der Waals surface area contributed by atoms with Gasteiger partial charge in [0.05, 0.1) is 5.39 Å². The number of nitrogens with zero attached hydrogens (tertiary/aromatic N) is 1. The van der Waals surface area contributed by atoms with Gasteiger partial charge in [-0.2, -0.15) is 0 Å². The number of aromatic hydroxyl groups is 1. The van der Waals surface area contributed by atoms with Gasteiger partial charge >= 0.3 is 0 Å². The fourth-order valence-corrected chi connectivity index (χ4v) is 1.24. The number of pyridine rings is 1. The molecule has 1 heterocycles. The van der Waals surface area contributed by atoms with E-state index < -0.39 is 0 Å². The Bertz CT molecular complexity index is 392. The van der Waals surface area contributed by atoms with Crippen LogP contribution in [0.15, 0.2) is 36.7 Å². The maximum atomic E-state index is 4.03. The lowest BCUT2D eigenvalue weighted by Crippen LogP contribution is -1.79.